The van der Waals surface area contributed by atoms with E-state index in [2.05, 4.69) is 36.4 Å². The van der Waals surface area contributed by atoms with E-state index in [4.69, 9.17) is 4.43 Å². The third-order valence-electron chi connectivity index (χ3n) is 4.78. The molecular formula is C23H20O2Si. The normalized spacial score (nSPS) is 14.2. The molecule has 0 heterocycles. The van der Waals surface area contributed by atoms with Crippen LogP contribution in [0.5, 0.6) is 0 Å². The second kappa shape index (κ2) is 7.14. The smallest absolute Gasteiger partial charge is 0.347 e. The molecule has 0 atom stereocenters. The molecule has 26 heavy (non-hydrogen) atoms. The molecule has 1 aliphatic carbocycles. The van der Waals surface area contributed by atoms with Crippen molar-refractivity contribution in [2.75, 3.05) is 0 Å². The zero-order valence-corrected chi connectivity index (χ0v) is 15.5. The van der Waals surface area contributed by atoms with Crippen molar-refractivity contribution in [3.05, 3.63) is 103 Å². The zero-order chi connectivity index (χ0) is 17.8. The minimum absolute atomic E-state index is 0.102. The lowest BCUT2D eigenvalue weighted by Crippen LogP contribution is -2.69. The van der Waals surface area contributed by atoms with Crippen molar-refractivity contribution >= 4 is 29.7 Å². The van der Waals surface area contributed by atoms with Crippen LogP contribution >= 0.6 is 0 Å². The maximum absolute atomic E-state index is 12.4. The standard InChI is InChI=1S/C23H20O2Si/c24-22-17-10-18-23(22)25-26(19-11-4-1-5-12-19,20-13-6-2-7-14-20)21-15-8-3-9-16-21/h1-9,11-16,18H,10,17H2. The number of hydrogen-bond donors (Lipinski definition) is 0. The average Bonchev–Trinajstić information content (AvgIpc) is 3.12. The van der Waals surface area contributed by atoms with Crippen LogP contribution in [0.1, 0.15) is 12.8 Å². The fourth-order valence-electron chi connectivity index (χ4n) is 3.53. The van der Waals surface area contributed by atoms with Gasteiger partial charge in [-0.2, -0.15) is 0 Å². The SMILES string of the molecule is O=C1CCC=C1O[Si](c1ccccc1)(c1ccccc1)c1ccccc1. The van der Waals surface area contributed by atoms with Gasteiger partial charge in [0.25, 0.3) is 0 Å². The predicted molar refractivity (Wildman–Crippen MR) is 107 cm³/mol. The second-order valence-corrected chi connectivity index (χ2v) is 9.71. The molecule has 0 unspecified atom stereocenters. The van der Waals surface area contributed by atoms with Crippen molar-refractivity contribution in [1.82, 2.24) is 0 Å². The van der Waals surface area contributed by atoms with Gasteiger partial charge in [0.1, 0.15) is 5.76 Å². The van der Waals surface area contributed by atoms with Gasteiger partial charge in [-0.3, -0.25) is 4.79 Å². The summed E-state index contributed by atoms with van der Waals surface area (Å²) in [6, 6.07) is 31.0. The highest BCUT2D eigenvalue weighted by molar-refractivity contribution is 7.07. The highest BCUT2D eigenvalue weighted by Crippen LogP contribution is 2.21. The molecule has 0 spiro atoms. The Morgan fingerprint density at radius 2 is 1.08 bits per heavy atom. The molecule has 3 aromatic rings. The average molecular weight is 356 g/mol. The molecule has 0 fully saturated rings. The molecule has 0 saturated carbocycles. The van der Waals surface area contributed by atoms with Crippen LogP contribution in [0.3, 0.4) is 0 Å². The Morgan fingerprint density at radius 3 is 1.42 bits per heavy atom. The molecule has 3 heteroatoms. The van der Waals surface area contributed by atoms with Gasteiger partial charge in [0, 0.05) is 6.42 Å². The maximum Gasteiger partial charge on any atom is 0.347 e. The first-order valence-electron chi connectivity index (χ1n) is 8.89. The molecular weight excluding hydrogens is 336 g/mol. The summed E-state index contributed by atoms with van der Waals surface area (Å²) in [5, 5.41) is 3.41. The highest BCUT2D eigenvalue weighted by atomic mass is 28.4. The lowest BCUT2D eigenvalue weighted by molar-refractivity contribution is -0.116. The van der Waals surface area contributed by atoms with Gasteiger partial charge < -0.3 is 4.43 Å². The lowest BCUT2D eigenvalue weighted by atomic mass is 10.3. The molecule has 0 bridgehead atoms. The van der Waals surface area contributed by atoms with Crippen LogP contribution in [-0.2, 0) is 9.22 Å². The first kappa shape index (κ1) is 16.5. The zero-order valence-electron chi connectivity index (χ0n) is 14.5. The van der Waals surface area contributed by atoms with Crippen molar-refractivity contribution < 1.29 is 9.22 Å². The summed E-state index contributed by atoms with van der Waals surface area (Å²) in [6.07, 6.45) is 3.24. The first-order chi connectivity index (χ1) is 12.8. The predicted octanol–water partition coefficient (Wildman–Crippen LogP) is 2.92. The summed E-state index contributed by atoms with van der Waals surface area (Å²) in [4.78, 5) is 12.4. The summed E-state index contributed by atoms with van der Waals surface area (Å²) in [6.45, 7) is 0. The topological polar surface area (TPSA) is 26.3 Å². The molecule has 2 nitrogen and oxygen atoms in total. The summed E-state index contributed by atoms with van der Waals surface area (Å²) < 4.78 is 6.72. The van der Waals surface area contributed by atoms with Gasteiger partial charge in [0.15, 0.2) is 5.78 Å². The van der Waals surface area contributed by atoms with E-state index in [1.54, 1.807) is 0 Å². The largest absolute Gasteiger partial charge is 0.528 e. The van der Waals surface area contributed by atoms with E-state index in [0.29, 0.717) is 12.2 Å². The van der Waals surface area contributed by atoms with Crippen LogP contribution in [0.4, 0.5) is 0 Å². The number of allylic oxidation sites excluding steroid dienone is 2. The van der Waals surface area contributed by atoms with E-state index >= 15 is 0 Å². The molecule has 0 aliphatic heterocycles. The number of Topliss-reactive ketones (excluding diaryl/α,β-unsaturated/α-hetero) is 1. The number of carbonyl (C=O) groups excluding carboxylic acids is 1. The van der Waals surface area contributed by atoms with Gasteiger partial charge in [-0.05, 0) is 28.1 Å². The number of rotatable bonds is 5. The van der Waals surface area contributed by atoms with Crippen molar-refractivity contribution in [2.45, 2.75) is 12.8 Å². The Kier molecular flexibility index (Phi) is 4.55. The molecule has 0 aromatic heterocycles. The third kappa shape index (κ3) is 2.91. The van der Waals surface area contributed by atoms with Crippen molar-refractivity contribution in [2.24, 2.45) is 0 Å². The minimum Gasteiger partial charge on any atom is -0.528 e. The third-order valence-corrected chi connectivity index (χ3v) is 8.75. The van der Waals surface area contributed by atoms with Gasteiger partial charge in [-0.25, -0.2) is 0 Å². The van der Waals surface area contributed by atoms with Crippen LogP contribution in [0.15, 0.2) is 103 Å². The number of hydrogen-bond acceptors (Lipinski definition) is 2. The van der Waals surface area contributed by atoms with Gasteiger partial charge >= 0.3 is 8.32 Å². The molecule has 0 radical (unpaired) electrons. The fraction of sp³-hybridized carbons (Fsp3) is 0.0870. The Morgan fingerprint density at radius 1 is 0.654 bits per heavy atom. The van der Waals surface area contributed by atoms with E-state index < -0.39 is 8.32 Å². The minimum atomic E-state index is -2.82. The summed E-state index contributed by atoms with van der Waals surface area (Å²) >= 11 is 0. The van der Waals surface area contributed by atoms with Crippen molar-refractivity contribution in [1.29, 1.82) is 0 Å². The van der Waals surface area contributed by atoms with Gasteiger partial charge in [-0.15, -0.1) is 0 Å². The van der Waals surface area contributed by atoms with Crippen LogP contribution in [0, 0.1) is 0 Å². The van der Waals surface area contributed by atoms with E-state index in [1.807, 2.05) is 60.7 Å². The number of carbonyl (C=O) groups is 1. The first-order valence-corrected chi connectivity index (χ1v) is 10.8. The number of ketones is 1. The monoisotopic (exact) mass is 356 g/mol. The van der Waals surface area contributed by atoms with Gasteiger partial charge in [0.2, 0.25) is 0 Å². The van der Waals surface area contributed by atoms with Crippen molar-refractivity contribution in [3.8, 4) is 0 Å². The van der Waals surface area contributed by atoms with Crippen LogP contribution in [0.25, 0.3) is 0 Å². The van der Waals surface area contributed by atoms with E-state index in [9.17, 15) is 4.79 Å². The molecule has 0 saturated heterocycles. The van der Waals surface area contributed by atoms with Crippen LogP contribution < -0.4 is 15.6 Å². The molecule has 128 valence electrons. The van der Waals surface area contributed by atoms with E-state index in [-0.39, 0.29) is 5.78 Å². The second-order valence-electron chi connectivity index (χ2n) is 6.41. The van der Waals surface area contributed by atoms with E-state index in [1.165, 1.54) is 0 Å². The Balaban J connectivity index is 1.98. The van der Waals surface area contributed by atoms with Gasteiger partial charge in [-0.1, -0.05) is 91.0 Å². The molecule has 0 amide bonds. The van der Waals surface area contributed by atoms with Crippen LogP contribution in [-0.4, -0.2) is 14.1 Å². The molecule has 1 aliphatic rings. The number of benzene rings is 3. The van der Waals surface area contributed by atoms with E-state index in [0.717, 1.165) is 22.0 Å². The van der Waals surface area contributed by atoms with Crippen molar-refractivity contribution in [3.63, 3.8) is 0 Å². The fourth-order valence-corrected chi connectivity index (χ4v) is 7.40. The highest BCUT2D eigenvalue weighted by Gasteiger charge is 2.45. The van der Waals surface area contributed by atoms with Gasteiger partial charge in [0.05, 0.1) is 0 Å². The molecule has 3 aromatic carbocycles. The summed E-state index contributed by atoms with van der Waals surface area (Å²) in [5.41, 5.74) is 0. The Labute approximate surface area is 154 Å². The van der Waals surface area contributed by atoms with Crippen LogP contribution in [0.2, 0.25) is 0 Å². The Hall–Kier alpha value is -2.91. The molecule has 4 rings (SSSR count). The summed E-state index contributed by atoms with van der Waals surface area (Å²) in [5.74, 6) is 0.623. The Bertz CT molecular complexity index is 822. The maximum atomic E-state index is 12.4. The molecule has 0 N–H and O–H groups in total. The summed E-state index contributed by atoms with van der Waals surface area (Å²) in [7, 11) is -2.82. The quantitative estimate of drug-likeness (QED) is 0.519. The lowest BCUT2D eigenvalue weighted by Gasteiger charge is -2.33.